The standard InChI is InChI=1S/C11H12O/c1-2-4-10(5-3-1)8-11-6-7-12-9-11/h1-6H,7-9H2. The summed E-state index contributed by atoms with van der Waals surface area (Å²) in [5.41, 5.74) is 2.77. The Hall–Kier alpha value is -1.08. The van der Waals surface area contributed by atoms with E-state index in [0.717, 1.165) is 19.6 Å². The summed E-state index contributed by atoms with van der Waals surface area (Å²) in [4.78, 5) is 0. The summed E-state index contributed by atoms with van der Waals surface area (Å²) >= 11 is 0. The van der Waals surface area contributed by atoms with Crippen molar-refractivity contribution in [3.8, 4) is 0 Å². The van der Waals surface area contributed by atoms with E-state index >= 15 is 0 Å². The molecule has 0 aromatic heterocycles. The second-order valence-corrected chi connectivity index (χ2v) is 3.04. The van der Waals surface area contributed by atoms with Crippen LogP contribution in [0.1, 0.15) is 5.56 Å². The van der Waals surface area contributed by atoms with Crippen LogP contribution in [0.3, 0.4) is 0 Å². The molecule has 0 radical (unpaired) electrons. The summed E-state index contributed by atoms with van der Waals surface area (Å²) in [7, 11) is 0. The fourth-order valence-electron chi connectivity index (χ4n) is 1.41. The molecule has 62 valence electrons. The van der Waals surface area contributed by atoms with Crippen LogP contribution < -0.4 is 0 Å². The van der Waals surface area contributed by atoms with Crippen molar-refractivity contribution in [1.82, 2.24) is 0 Å². The highest BCUT2D eigenvalue weighted by molar-refractivity contribution is 5.23. The number of ether oxygens (including phenoxy) is 1. The van der Waals surface area contributed by atoms with Crippen LogP contribution in [-0.2, 0) is 11.2 Å². The van der Waals surface area contributed by atoms with E-state index in [1.165, 1.54) is 11.1 Å². The average molecular weight is 160 g/mol. The van der Waals surface area contributed by atoms with Gasteiger partial charge in [-0.2, -0.15) is 0 Å². The summed E-state index contributed by atoms with van der Waals surface area (Å²) in [5.74, 6) is 0. The molecule has 2 rings (SSSR count). The van der Waals surface area contributed by atoms with Gasteiger partial charge in [-0.05, 0) is 17.6 Å². The van der Waals surface area contributed by atoms with Gasteiger partial charge >= 0.3 is 0 Å². The normalized spacial score (nSPS) is 16.2. The number of hydrogen-bond donors (Lipinski definition) is 0. The van der Waals surface area contributed by atoms with E-state index in [-0.39, 0.29) is 0 Å². The molecular weight excluding hydrogens is 148 g/mol. The molecule has 1 nitrogen and oxygen atoms in total. The predicted molar refractivity (Wildman–Crippen MR) is 49.0 cm³/mol. The highest BCUT2D eigenvalue weighted by atomic mass is 16.5. The largest absolute Gasteiger partial charge is 0.373 e. The smallest absolute Gasteiger partial charge is 0.0685 e. The predicted octanol–water partition coefficient (Wildman–Crippen LogP) is 2.19. The van der Waals surface area contributed by atoms with Gasteiger partial charge in [-0.25, -0.2) is 0 Å². The van der Waals surface area contributed by atoms with Crippen molar-refractivity contribution in [1.29, 1.82) is 0 Å². The van der Waals surface area contributed by atoms with Gasteiger partial charge in [-0.1, -0.05) is 36.4 Å². The third kappa shape index (κ3) is 1.74. The Morgan fingerprint density at radius 1 is 1.17 bits per heavy atom. The first-order chi connectivity index (χ1) is 5.95. The lowest BCUT2D eigenvalue weighted by atomic mass is 10.1. The van der Waals surface area contributed by atoms with Crippen LogP contribution in [0.2, 0.25) is 0 Å². The highest BCUT2D eigenvalue weighted by Gasteiger charge is 2.04. The molecule has 1 heterocycles. The molecule has 1 aliphatic heterocycles. The van der Waals surface area contributed by atoms with Crippen LogP contribution in [0.4, 0.5) is 0 Å². The number of hydrogen-bond acceptors (Lipinski definition) is 1. The zero-order valence-corrected chi connectivity index (χ0v) is 6.99. The Morgan fingerprint density at radius 3 is 2.67 bits per heavy atom. The van der Waals surface area contributed by atoms with Crippen molar-refractivity contribution in [2.75, 3.05) is 13.2 Å². The highest BCUT2D eigenvalue weighted by Crippen LogP contribution is 2.11. The van der Waals surface area contributed by atoms with Crippen LogP contribution in [0.5, 0.6) is 0 Å². The Labute approximate surface area is 72.7 Å². The van der Waals surface area contributed by atoms with Crippen molar-refractivity contribution in [2.45, 2.75) is 6.42 Å². The number of benzene rings is 1. The summed E-state index contributed by atoms with van der Waals surface area (Å²) in [6.07, 6.45) is 3.22. The third-order valence-electron chi connectivity index (χ3n) is 2.05. The first-order valence-corrected chi connectivity index (χ1v) is 4.25. The molecule has 0 atom stereocenters. The van der Waals surface area contributed by atoms with Crippen molar-refractivity contribution >= 4 is 0 Å². The molecule has 1 heteroatoms. The summed E-state index contributed by atoms with van der Waals surface area (Å²) in [5, 5.41) is 0. The number of rotatable bonds is 2. The second kappa shape index (κ2) is 3.55. The van der Waals surface area contributed by atoms with Gasteiger partial charge in [-0.15, -0.1) is 0 Å². The van der Waals surface area contributed by atoms with E-state index in [4.69, 9.17) is 4.74 Å². The van der Waals surface area contributed by atoms with Gasteiger partial charge in [0, 0.05) is 0 Å². The van der Waals surface area contributed by atoms with Gasteiger partial charge in [0.05, 0.1) is 13.2 Å². The van der Waals surface area contributed by atoms with Gasteiger partial charge in [-0.3, -0.25) is 0 Å². The zero-order chi connectivity index (χ0) is 8.23. The quantitative estimate of drug-likeness (QED) is 0.602. The molecule has 0 saturated heterocycles. The molecule has 0 saturated carbocycles. The molecule has 0 unspecified atom stereocenters. The monoisotopic (exact) mass is 160 g/mol. The van der Waals surface area contributed by atoms with Gasteiger partial charge < -0.3 is 4.74 Å². The summed E-state index contributed by atoms with van der Waals surface area (Å²) in [6.45, 7) is 1.61. The van der Waals surface area contributed by atoms with Crippen LogP contribution in [-0.4, -0.2) is 13.2 Å². The van der Waals surface area contributed by atoms with Crippen LogP contribution in [0.15, 0.2) is 42.0 Å². The van der Waals surface area contributed by atoms with Crippen molar-refractivity contribution in [3.63, 3.8) is 0 Å². The topological polar surface area (TPSA) is 9.23 Å². The SMILES string of the molecule is C1=C(Cc2ccccc2)COC1. The molecule has 0 amide bonds. The van der Waals surface area contributed by atoms with E-state index in [1.54, 1.807) is 0 Å². The Balaban J connectivity index is 2.04. The minimum absolute atomic E-state index is 0.794. The lowest BCUT2D eigenvalue weighted by Crippen LogP contribution is -1.92. The van der Waals surface area contributed by atoms with Gasteiger partial charge in [0.2, 0.25) is 0 Å². The zero-order valence-electron chi connectivity index (χ0n) is 6.99. The molecular formula is C11H12O. The van der Waals surface area contributed by atoms with Crippen molar-refractivity contribution in [3.05, 3.63) is 47.5 Å². The van der Waals surface area contributed by atoms with E-state index < -0.39 is 0 Å². The lowest BCUT2D eigenvalue weighted by molar-refractivity contribution is 0.207. The molecule has 0 fully saturated rings. The molecule has 0 aliphatic carbocycles. The van der Waals surface area contributed by atoms with Crippen LogP contribution in [0.25, 0.3) is 0 Å². The molecule has 1 aromatic rings. The van der Waals surface area contributed by atoms with E-state index in [2.05, 4.69) is 30.3 Å². The van der Waals surface area contributed by atoms with E-state index in [1.807, 2.05) is 6.07 Å². The van der Waals surface area contributed by atoms with Gasteiger partial charge in [0.25, 0.3) is 0 Å². The summed E-state index contributed by atoms with van der Waals surface area (Å²) in [6, 6.07) is 10.5. The van der Waals surface area contributed by atoms with Crippen LogP contribution >= 0.6 is 0 Å². The molecule has 1 aliphatic rings. The Kier molecular flexibility index (Phi) is 2.23. The van der Waals surface area contributed by atoms with Gasteiger partial charge in [0.1, 0.15) is 0 Å². The minimum atomic E-state index is 0.794. The van der Waals surface area contributed by atoms with E-state index in [0.29, 0.717) is 0 Å². The Bertz CT molecular complexity index is 274. The minimum Gasteiger partial charge on any atom is -0.373 e. The van der Waals surface area contributed by atoms with Crippen LogP contribution in [0, 0.1) is 0 Å². The lowest BCUT2D eigenvalue weighted by Gasteiger charge is -2.00. The first-order valence-electron chi connectivity index (χ1n) is 4.25. The molecule has 0 bridgehead atoms. The molecule has 12 heavy (non-hydrogen) atoms. The maximum Gasteiger partial charge on any atom is 0.0685 e. The summed E-state index contributed by atoms with van der Waals surface area (Å²) < 4.78 is 5.24. The maximum absolute atomic E-state index is 5.24. The third-order valence-corrected chi connectivity index (χ3v) is 2.05. The van der Waals surface area contributed by atoms with Crippen molar-refractivity contribution in [2.24, 2.45) is 0 Å². The van der Waals surface area contributed by atoms with Crippen molar-refractivity contribution < 1.29 is 4.74 Å². The first kappa shape index (κ1) is 7.56. The average Bonchev–Trinajstić information content (AvgIpc) is 2.59. The van der Waals surface area contributed by atoms with Gasteiger partial charge in [0.15, 0.2) is 0 Å². The molecule has 0 spiro atoms. The fourth-order valence-corrected chi connectivity index (χ4v) is 1.41. The maximum atomic E-state index is 5.24. The second-order valence-electron chi connectivity index (χ2n) is 3.04. The molecule has 1 aromatic carbocycles. The molecule has 0 N–H and O–H groups in total. The fraction of sp³-hybridized carbons (Fsp3) is 0.273. The Morgan fingerprint density at radius 2 is 2.00 bits per heavy atom. The van der Waals surface area contributed by atoms with E-state index in [9.17, 15) is 0 Å².